The Morgan fingerprint density at radius 2 is 2.17 bits per heavy atom. The monoisotopic (exact) mass is 248 g/mol. The standard InChI is InChI=1S/C14H17FN2O/c1-4-11-8-12(17(3)16-11)9-18-13-7-5-6-10(2)14(13)15/h5-8H,4,9H2,1-3H3. The molecule has 3 nitrogen and oxygen atoms in total. The summed E-state index contributed by atoms with van der Waals surface area (Å²) in [7, 11) is 1.87. The van der Waals surface area contributed by atoms with Gasteiger partial charge in [-0.2, -0.15) is 5.10 Å². The van der Waals surface area contributed by atoms with Crippen LogP contribution in [-0.4, -0.2) is 9.78 Å². The molecule has 1 aromatic carbocycles. The number of nitrogens with zero attached hydrogens (tertiary/aromatic N) is 2. The van der Waals surface area contributed by atoms with Crippen LogP contribution in [0.15, 0.2) is 24.3 Å². The Bertz CT molecular complexity index is 549. The quantitative estimate of drug-likeness (QED) is 0.831. The van der Waals surface area contributed by atoms with Crippen molar-refractivity contribution in [3.05, 3.63) is 47.0 Å². The molecule has 0 radical (unpaired) electrons. The van der Waals surface area contributed by atoms with E-state index in [2.05, 4.69) is 5.10 Å². The van der Waals surface area contributed by atoms with Crippen LogP contribution in [0.1, 0.15) is 23.9 Å². The van der Waals surface area contributed by atoms with Crippen molar-refractivity contribution in [1.82, 2.24) is 9.78 Å². The highest BCUT2D eigenvalue weighted by atomic mass is 19.1. The molecule has 0 unspecified atom stereocenters. The Labute approximate surface area is 106 Å². The normalized spacial score (nSPS) is 10.7. The van der Waals surface area contributed by atoms with Crippen LogP contribution in [0, 0.1) is 12.7 Å². The van der Waals surface area contributed by atoms with Gasteiger partial charge >= 0.3 is 0 Å². The molecule has 2 aromatic rings. The van der Waals surface area contributed by atoms with Crippen molar-refractivity contribution < 1.29 is 9.13 Å². The summed E-state index contributed by atoms with van der Waals surface area (Å²) in [5, 5.41) is 4.32. The van der Waals surface area contributed by atoms with Crippen molar-refractivity contribution in [3.8, 4) is 5.75 Å². The van der Waals surface area contributed by atoms with E-state index in [9.17, 15) is 4.39 Å². The summed E-state index contributed by atoms with van der Waals surface area (Å²) >= 11 is 0. The van der Waals surface area contributed by atoms with Crippen molar-refractivity contribution in [1.29, 1.82) is 0 Å². The summed E-state index contributed by atoms with van der Waals surface area (Å²) in [5.41, 5.74) is 2.54. The van der Waals surface area contributed by atoms with Gasteiger partial charge < -0.3 is 4.74 Å². The highest BCUT2D eigenvalue weighted by Gasteiger charge is 2.08. The number of halogens is 1. The average molecular weight is 248 g/mol. The molecule has 4 heteroatoms. The molecule has 0 amide bonds. The molecule has 0 atom stereocenters. The van der Waals surface area contributed by atoms with Crippen LogP contribution in [0.4, 0.5) is 4.39 Å². The van der Waals surface area contributed by atoms with E-state index in [0.717, 1.165) is 17.8 Å². The van der Waals surface area contributed by atoms with Gasteiger partial charge in [0.25, 0.3) is 0 Å². The Morgan fingerprint density at radius 1 is 1.39 bits per heavy atom. The van der Waals surface area contributed by atoms with Gasteiger partial charge in [0.15, 0.2) is 11.6 Å². The predicted octanol–water partition coefficient (Wildman–Crippen LogP) is 3.01. The molecule has 0 saturated heterocycles. The molecule has 2 rings (SSSR count). The van der Waals surface area contributed by atoms with Gasteiger partial charge in [0, 0.05) is 7.05 Å². The zero-order valence-electron chi connectivity index (χ0n) is 10.9. The van der Waals surface area contributed by atoms with Gasteiger partial charge in [-0.25, -0.2) is 4.39 Å². The summed E-state index contributed by atoms with van der Waals surface area (Å²) in [6.07, 6.45) is 0.882. The Hall–Kier alpha value is -1.84. The summed E-state index contributed by atoms with van der Waals surface area (Å²) in [6, 6.07) is 7.13. The maximum Gasteiger partial charge on any atom is 0.167 e. The predicted molar refractivity (Wildman–Crippen MR) is 68.1 cm³/mol. The minimum atomic E-state index is -0.296. The molecule has 0 spiro atoms. The molecule has 1 aromatic heterocycles. The largest absolute Gasteiger partial charge is 0.484 e. The van der Waals surface area contributed by atoms with E-state index in [1.165, 1.54) is 0 Å². The molecule has 96 valence electrons. The van der Waals surface area contributed by atoms with Crippen LogP contribution >= 0.6 is 0 Å². The van der Waals surface area contributed by atoms with E-state index in [0.29, 0.717) is 12.2 Å². The first-order chi connectivity index (χ1) is 8.61. The lowest BCUT2D eigenvalue weighted by atomic mass is 10.2. The molecule has 0 fully saturated rings. The van der Waals surface area contributed by atoms with Gasteiger partial charge in [-0.3, -0.25) is 4.68 Å². The number of rotatable bonds is 4. The van der Waals surface area contributed by atoms with E-state index >= 15 is 0 Å². The number of aromatic nitrogens is 2. The third-order valence-corrected chi connectivity index (χ3v) is 2.92. The lowest BCUT2D eigenvalue weighted by molar-refractivity contribution is 0.279. The number of hydrogen-bond donors (Lipinski definition) is 0. The summed E-state index contributed by atoms with van der Waals surface area (Å²) < 4.78 is 21.0. The van der Waals surface area contributed by atoms with Crippen LogP contribution in [0.3, 0.4) is 0 Å². The second-order valence-electron chi connectivity index (χ2n) is 4.28. The number of hydrogen-bond acceptors (Lipinski definition) is 2. The number of ether oxygens (including phenoxy) is 1. The van der Waals surface area contributed by atoms with Crippen molar-refractivity contribution in [2.75, 3.05) is 0 Å². The molecule has 0 saturated carbocycles. The number of aryl methyl sites for hydroxylation is 3. The second-order valence-corrected chi connectivity index (χ2v) is 4.28. The molecule has 0 aliphatic carbocycles. The van der Waals surface area contributed by atoms with E-state index < -0.39 is 0 Å². The van der Waals surface area contributed by atoms with E-state index in [4.69, 9.17) is 4.74 Å². The Morgan fingerprint density at radius 3 is 2.83 bits per heavy atom. The first-order valence-electron chi connectivity index (χ1n) is 6.01. The first kappa shape index (κ1) is 12.6. The summed E-state index contributed by atoms with van der Waals surface area (Å²) in [5.74, 6) is -0.00960. The molecule has 1 heterocycles. The van der Waals surface area contributed by atoms with Gasteiger partial charge in [0.1, 0.15) is 6.61 Å². The van der Waals surface area contributed by atoms with E-state index in [1.54, 1.807) is 29.8 Å². The highest BCUT2D eigenvalue weighted by Crippen LogP contribution is 2.20. The van der Waals surface area contributed by atoms with Gasteiger partial charge in [0.05, 0.1) is 11.4 Å². The van der Waals surface area contributed by atoms with Crippen LogP contribution < -0.4 is 4.74 Å². The van der Waals surface area contributed by atoms with Crippen molar-refractivity contribution >= 4 is 0 Å². The van der Waals surface area contributed by atoms with Gasteiger partial charge in [-0.15, -0.1) is 0 Å². The van der Waals surface area contributed by atoms with E-state index in [1.807, 2.05) is 20.0 Å². The molecule has 0 aliphatic heterocycles. The zero-order chi connectivity index (χ0) is 13.1. The smallest absolute Gasteiger partial charge is 0.167 e. The molecule has 18 heavy (non-hydrogen) atoms. The van der Waals surface area contributed by atoms with Gasteiger partial charge in [-0.05, 0) is 31.0 Å². The molecular weight excluding hydrogens is 231 g/mol. The molecule has 0 bridgehead atoms. The molecule has 0 N–H and O–H groups in total. The Balaban J connectivity index is 2.11. The fourth-order valence-electron chi connectivity index (χ4n) is 1.76. The third kappa shape index (κ3) is 2.53. The molecule has 0 aliphatic rings. The molecular formula is C14H17FN2O. The van der Waals surface area contributed by atoms with Crippen LogP contribution in [0.5, 0.6) is 5.75 Å². The van der Waals surface area contributed by atoms with E-state index in [-0.39, 0.29) is 11.6 Å². The highest BCUT2D eigenvalue weighted by molar-refractivity contribution is 5.30. The lowest BCUT2D eigenvalue weighted by Crippen LogP contribution is -2.04. The summed E-state index contributed by atoms with van der Waals surface area (Å²) in [4.78, 5) is 0. The SMILES string of the molecule is CCc1cc(COc2cccc(C)c2F)n(C)n1. The van der Waals surface area contributed by atoms with Gasteiger partial charge in [-0.1, -0.05) is 19.1 Å². The van der Waals surface area contributed by atoms with Crippen molar-refractivity contribution in [2.24, 2.45) is 7.05 Å². The minimum Gasteiger partial charge on any atom is -0.484 e. The van der Waals surface area contributed by atoms with Crippen molar-refractivity contribution in [2.45, 2.75) is 26.9 Å². The van der Waals surface area contributed by atoms with Crippen molar-refractivity contribution in [3.63, 3.8) is 0 Å². The van der Waals surface area contributed by atoms with Crippen LogP contribution in [0.25, 0.3) is 0 Å². The van der Waals surface area contributed by atoms with Gasteiger partial charge in [0.2, 0.25) is 0 Å². The number of benzene rings is 1. The fourth-order valence-corrected chi connectivity index (χ4v) is 1.76. The average Bonchev–Trinajstić information content (AvgIpc) is 2.72. The fraction of sp³-hybridized carbons (Fsp3) is 0.357. The minimum absolute atomic E-state index is 0.286. The Kier molecular flexibility index (Phi) is 3.65. The van der Waals surface area contributed by atoms with Crippen LogP contribution in [-0.2, 0) is 20.1 Å². The second kappa shape index (κ2) is 5.21. The maximum absolute atomic E-state index is 13.7. The van der Waals surface area contributed by atoms with Crippen LogP contribution in [0.2, 0.25) is 0 Å². The summed E-state index contributed by atoms with van der Waals surface area (Å²) in [6.45, 7) is 4.10. The topological polar surface area (TPSA) is 27.1 Å². The maximum atomic E-state index is 13.7. The third-order valence-electron chi connectivity index (χ3n) is 2.92. The zero-order valence-corrected chi connectivity index (χ0v) is 10.9. The first-order valence-corrected chi connectivity index (χ1v) is 6.01. The lowest BCUT2D eigenvalue weighted by Gasteiger charge is -2.08.